The highest BCUT2D eigenvalue weighted by Gasteiger charge is 2.31. The number of likely N-dealkylation sites (tertiary alicyclic amines) is 1. The SMILES string of the molecule is CCC(C)(C)C1CCC(NCCCN2CCCCC2)CC1. The predicted molar refractivity (Wildman–Crippen MR) is 92.7 cm³/mol. The Kier molecular flexibility index (Phi) is 7.01. The van der Waals surface area contributed by atoms with Gasteiger partial charge in [-0.1, -0.05) is 33.6 Å². The van der Waals surface area contributed by atoms with Crippen molar-refractivity contribution in [3.8, 4) is 0 Å². The maximum Gasteiger partial charge on any atom is 0.00672 e. The van der Waals surface area contributed by atoms with E-state index < -0.39 is 0 Å². The summed E-state index contributed by atoms with van der Waals surface area (Å²) in [5.41, 5.74) is 0.555. The molecule has 124 valence electrons. The van der Waals surface area contributed by atoms with Gasteiger partial charge in [-0.15, -0.1) is 0 Å². The molecule has 0 spiro atoms. The zero-order valence-electron chi connectivity index (χ0n) is 14.8. The van der Waals surface area contributed by atoms with Crippen LogP contribution in [0.2, 0.25) is 0 Å². The number of hydrogen-bond donors (Lipinski definition) is 1. The summed E-state index contributed by atoms with van der Waals surface area (Å²) in [5.74, 6) is 0.953. The van der Waals surface area contributed by atoms with Crippen LogP contribution in [0, 0.1) is 11.3 Å². The highest BCUT2D eigenvalue weighted by molar-refractivity contribution is 4.84. The average molecular weight is 295 g/mol. The van der Waals surface area contributed by atoms with Crippen LogP contribution in [-0.2, 0) is 0 Å². The maximum absolute atomic E-state index is 3.82. The number of rotatable bonds is 7. The lowest BCUT2D eigenvalue weighted by atomic mass is 9.69. The standard InChI is InChI=1S/C19H38N2/c1-4-19(2,3)17-9-11-18(12-10-17)20-13-8-16-21-14-6-5-7-15-21/h17-18,20H,4-16H2,1-3H3. The van der Waals surface area contributed by atoms with E-state index in [1.807, 2.05) is 0 Å². The second kappa shape index (κ2) is 8.53. The zero-order chi connectivity index (χ0) is 15.1. The Bertz CT molecular complexity index is 273. The minimum absolute atomic E-state index is 0.555. The average Bonchev–Trinajstić information content (AvgIpc) is 2.53. The largest absolute Gasteiger partial charge is 0.314 e. The minimum atomic E-state index is 0.555. The summed E-state index contributed by atoms with van der Waals surface area (Å²) in [6.07, 6.45) is 12.6. The molecule has 0 radical (unpaired) electrons. The van der Waals surface area contributed by atoms with Crippen molar-refractivity contribution in [1.82, 2.24) is 10.2 Å². The lowest BCUT2D eigenvalue weighted by Gasteiger charge is -2.39. The number of piperidine rings is 1. The third kappa shape index (κ3) is 5.56. The van der Waals surface area contributed by atoms with Crippen molar-refractivity contribution in [2.24, 2.45) is 11.3 Å². The molecule has 1 aliphatic carbocycles. The smallest absolute Gasteiger partial charge is 0.00672 e. The van der Waals surface area contributed by atoms with E-state index >= 15 is 0 Å². The number of hydrogen-bond acceptors (Lipinski definition) is 2. The first-order chi connectivity index (χ1) is 10.1. The van der Waals surface area contributed by atoms with Crippen molar-refractivity contribution in [3.05, 3.63) is 0 Å². The Morgan fingerprint density at radius 3 is 2.29 bits per heavy atom. The first kappa shape index (κ1) is 17.3. The van der Waals surface area contributed by atoms with E-state index in [2.05, 4.69) is 31.0 Å². The summed E-state index contributed by atoms with van der Waals surface area (Å²) in [7, 11) is 0. The molecule has 0 unspecified atom stereocenters. The molecule has 0 aromatic carbocycles. The van der Waals surface area contributed by atoms with Crippen LogP contribution in [0.15, 0.2) is 0 Å². The normalized spacial score (nSPS) is 28.7. The van der Waals surface area contributed by atoms with E-state index in [4.69, 9.17) is 0 Å². The van der Waals surface area contributed by atoms with Gasteiger partial charge in [-0.25, -0.2) is 0 Å². The fourth-order valence-electron chi connectivity index (χ4n) is 4.16. The lowest BCUT2D eigenvalue weighted by Crippen LogP contribution is -2.38. The first-order valence-electron chi connectivity index (χ1n) is 9.57. The molecular weight excluding hydrogens is 256 g/mol. The van der Waals surface area contributed by atoms with E-state index in [1.165, 1.54) is 84.0 Å². The van der Waals surface area contributed by atoms with Crippen molar-refractivity contribution in [2.75, 3.05) is 26.2 Å². The van der Waals surface area contributed by atoms with Crippen LogP contribution < -0.4 is 5.32 Å². The van der Waals surface area contributed by atoms with Gasteiger partial charge in [0.15, 0.2) is 0 Å². The molecule has 0 aromatic heterocycles. The van der Waals surface area contributed by atoms with Gasteiger partial charge in [0.25, 0.3) is 0 Å². The molecule has 0 amide bonds. The Morgan fingerprint density at radius 1 is 1.00 bits per heavy atom. The summed E-state index contributed by atoms with van der Waals surface area (Å²) < 4.78 is 0. The van der Waals surface area contributed by atoms with Crippen LogP contribution in [0.5, 0.6) is 0 Å². The van der Waals surface area contributed by atoms with Crippen LogP contribution in [0.25, 0.3) is 0 Å². The van der Waals surface area contributed by atoms with Gasteiger partial charge in [0.1, 0.15) is 0 Å². The van der Waals surface area contributed by atoms with E-state index in [0.29, 0.717) is 5.41 Å². The third-order valence-electron chi connectivity index (χ3n) is 6.28. The topological polar surface area (TPSA) is 15.3 Å². The molecule has 2 fully saturated rings. The molecule has 2 aliphatic rings. The molecule has 1 aliphatic heterocycles. The van der Waals surface area contributed by atoms with E-state index in [9.17, 15) is 0 Å². The second-order valence-corrected chi connectivity index (χ2v) is 8.10. The molecule has 21 heavy (non-hydrogen) atoms. The van der Waals surface area contributed by atoms with Crippen LogP contribution >= 0.6 is 0 Å². The van der Waals surface area contributed by atoms with Gasteiger partial charge in [0.05, 0.1) is 0 Å². The molecule has 1 saturated carbocycles. The van der Waals surface area contributed by atoms with E-state index in [-0.39, 0.29) is 0 Å². The molecular formula is C19H38N2. The lowest BCUT2D eigenvalue weighted by molar-refractivity contribution is 0.136. The molecule has 2 heteroatoms. The van der Waals surface area contributed by atoms with Crippen LogP contribution in [0.3, 0.4) is 0 Å². The van der Waals surface area contributed by atoms with Gasteiger partial charge >= 0.3 is 0 Å². The van der Waals surface area contributed by atoms with Crippen molar-refractivity contribution in [3.63, 3.8) is 0 Å². The van der Waals surface area contributed by atoms with Crippen molar-refractivity contribution in [2.45, 2.75) is 84.6 Å². The van der Waals surface area contributed by atoms with Crippen molar-refractivity contribution >= 4 is 0 Å². The molecule has 0 aromatic rings. The number of nitrogens with zero attached hydrogens (tertiary/aromatic N) is 1. The minimum Gasteiger partial charge on any atom is -0.314 e. The fraction of sp³-hybridized carbons (Fsp3) is 1.00. The van der Waals surface area contributed by atoms with Gasteiger partial charge in [0, 0.05) is 6.04 Å². The van der Waals surface area contributed by atoms with Gasteiger partial charge < -0.3 is 10.2 Å². The van der Waals surface area contributed by atoms with Gasteiger partial charge in [-0.2, -0.15) is 0 Å². The quantitative estimate of drug-likeness (QED) is 0.698. The Morgan fingerprint density at radius 2 is 1.67 bits per heavy atom. The van der Waals surface area contributed by atoms with Gasteiger partial charge in [-0.3, -0.25) is 0 Å². The third-order valence-corrected chi connectivity index (χ3v) is 6.28. The predicted octanol–water partition coefficient (Wildman–Crippen LogP) is 4.45. The Balaban J connectivity index is 1.54. The molecule has 1 N–H and O–H groups in total. The van der Waals surface area contributed by atoms with E-state index in [0.717, 1.165) is 12.0 Å². The molecule has 2 rings (SSSR count). The molecule has 0 bridgehead atoms. The highest BCUT2D eigenvalue weighted by atomic mass is 15.1. The summed E-state index contributed by atoms with van der Waals surface area (Å²) in [4.78, 5) is 2.66. The van der Waals surface area contributed by atoms with Crippen molar-refractivity contribution < 1.29 is 0 Å². The van der Waals surface area contributed by atoms with Gasteiger partial charge in [0.2, 0.25) is 0 Å². The zero-order valence-corrected chi connectivity index (χ0v) is 14.8. The van der Waals surface area contributed by atoms with E-state index in [1.54, 1.807) is 0 Å². The van der Waals surface area contributed by atoms with Crippen molar-refractivity contribution in [1.29, 1.82) is 0 Å². The van der Waals surface area contributed by atoms with Gasteiger partial charge in [-0.05, 0) is 82.5 Å². The summed E-state index contributed by atoms with van der Waals surface area (Å²) in [6.45, 7) is 12.5. The second-order valence-electron chi connectivity index (χ2n) is 8.10. The van der Waals surface area contributed by atoms with Crippen LogP contribution in [0.4, 0.5) is 0 Å². The molecule has 1 saturated heterocycles. The Hall–Kier alpha value is -0.0800. The summed E-state index contributed by atoms with van der Waals surface area (Å²) in [5, 5.41) is 3.82. The first-order valence-corrected chi connectivity index (χ1v) is 9.57. The number of nitrogens with one attached hydrogen (secondary N) is 1. The summed E-state index contributed by atoms with van der Waals surface area (Å²) >= 11 is 0. The summed E-state index contributed by atoms with van der Waals surface area (Å²) in [6, 6.07) is 0.801. The molecule has 1 heterocycles. The highest BCUT2D eigenvalue weighted by Crippen LogP contribution is 2.40. The monoisotopic (exact) mass is 294 g/mol. The van der Waals surface area contributed by atoms with Crippen LogP contribution in [0.1, 0.15) is 78.6 Å². The molecule has 2 nitrogen and oxygen atoms in total. The fourth-order valence-corrected chi connectivity index (χ4v) is 4.16. The van der Waals surface area contributed by atoms with Crippen LogP contribution in [-0.4, -0.2) is 37.1 Å². The maximum atomic E-state index is 3.82. The Labute approximate surface area is 133 Å². The molecule has 0 atom stereocenters.